The average Bonchev–Trinajstić information content (AvgIpc) is 2.76. The molecule has 1 aliphatic rings. The van der Waals surface area contributed by atoms with Crippen LogP contribution in [-0.2, 0) is 4.79 Å². The summed E-state index contributed by atoms with van der Waals surface area (Å²) in [6.07, 6.45) is 6.84. The van der Waals surface area contributed by atoms with E-state index in [1.54, 1.807) is 7.11 Å². The van der Waals surface area contributed by atoms with E-state index >= 15 is 0 Å². The third kappa shape index (κ3) is 3.45. The van der Waals surface area contributed by atoms with Crippen LogP contribution in [-0.4, -0.2) is 13.0 Å². The molecular formula is C19H29NO2. The number of carbonyl (C=O) groups is 1. The van der Waals surface area contributed by atoms with Crippen LogP contribution in [0.3, 0.4) is 0 Å². The van der Waals surface area contributed by atoms with Gasteiger partial charge in [0.2, 0.25) is 5.91 Å². The second-order valence-corrected chi connectivity index (χ2v) is 6.86. The molecule has 0 bridgehead atoms. The van der Waals surface area contributed by atoms with Gasteiger partial charge in [-0.05, 0) is 49.4 Å². The number of aryl methyl sites for hydroxylation is 1. The molecule has 0 radical (unpaired) electrons. The van der Waals surface area contributed by atoms with E-state index in [0.29, 0.717) is 5.92 Å². The molecule has 0 spiro atoms. The Labute approximate surface area is 134 Å². The van der Waals surface area contributed by atoms with Gasteiger partial charge in [-0.15, -0.1) is 0 Å². The monoisotopic (exact) mass is 303 g/mol. The standard InChI is InChI=1S/C19H29NO2/c1-14(2)19(11-7-5-6-8-12-19)18(21)20-17-10-9-16(22-4)13-15(17)3/h9-10,13-14H,5-8,11-12H2,1-4H3,(H,20,21). The van der Waals surface area contributed by atoms with Crippen LogP contribution in [0.15, 0.2) is 18.2 Å². The first-order valence-corrected chi connectivity index (χ1v) is 8.46. The van der Waals surface area contributed by atoms with Gasteiger partial charge in [-0.2, -0.15) is 0 Å². The molecule has 1 fully saturated rings. The molecule has 1 saturated carbocycles. The molecule has 1 aromatic rings. The van der Waals surface area contributed by atoms with Crippen molar-refractivity contribution in [3.05, 3.63) is 23.8 Å². The number of amides is 1. The summed E-state index contributed by atoms with van der Waals surface area (Å²) in [4.78, 5) is 13.0. The van der Waals surface area contributed by atoms with E-state index in [2.05, 4.69) is 19.2 Å². The van der Waals surface area contributed by atoms with Crippen LogP contribution in [0.5, 0.6) is 5.75 Å². The van der Waals surface area contributed by atoms with Crippen LogP contribution < -0.4 is 10.1 Å². The van der Waals surface area contributed by atoms with Gasteiger partial charge in [-0.1, -0.05) is 39.5 Å². The number of carbonyl (C=O) groups excluding carboxylic acids is 1. The van der Waals surface area contributed by atoms with Gasteiger partial charge in [0.15, 0.2) is 0 Å². The molecule has 0 aliphatic heterocycles. The van der Waals surface area contributed by atoms with Gasteiger partial charge in [-0.25, -0.2) is 0 Å². The molecule has 0 aromatic heterocycles. The number of nitrogens with one attached hydrogen (secondary N) is 1. The van der Waals surface area contributed by atoms with Gasteiger partial charge < -0.3 is 10.1 Å². The normalized spacial score (nSPS) is 17.9. The lowest BCUT2D eigenvalue weighted by molar-refractivity contribution is -0.129. The number of hydrogen-bond donors (Lipinski definition) is 1. The molecule has 3 heteroatoms. The predicted octanol–water partition coefficient (Wildman–Crippen LogP) is 4.94. The maximum Gasteiger partial charge on any atom is 0.230 e. The van der Waals surface area contributed by atoms with E-state index in [1.807, 2.05) is 25.1 Å². The van der Waals surface area contributed by atoms with Gasteiger partial charge in [-0.3, -0.25) is 4.79 Å². The zero-order valence-corrected chi connectivity index (χ0v) is 14.4. The maximum absolute atomic E-state index is 13.0. The number of hydrogen-bond acceptors (Lipinski definition) is 2. The Morgan fingerprint density at radius 1 is 1.18 bits per heavy atom. The summed E-state index contributed by atoms with van der Waals surface area (Å²) in [7, 11) is 1.66. The number of anilines is 1. The first kappa shape index (κ1) is 16.9. The number of ether oxygens (including phenoxy) is 1. The Kier molecular flexibility index (Phi) is 5.49. The van der Waals surface area contributed by atoms with Gasteiger partial charge in [0.05, 0.1) is 12.5 Å². The highest BCUT2D eigenvalue weighted by Crippen LogP contribution is 2.42. The zero-order valence-electron chi connectivity index (χ0n) is 14.4. The van der Waals surface area contributed by atoms with Crippen molar-refractivity contribution in [1.82, 2.24) is 0 Å². The largest absolute Gasteiger partial charge is 0.497 e. The van der Waals surface area contributed by atoms with Crippen LogP contribution in [0.25, 0.3) is 0 Å². The number of methoxy groups -OCH3 is 1. The first-order chi connectivity index (χ1) is 10.5. The van der Waals surface area contributed by atoms with E-state index < -0.39 is 0 Å². The van der Waals surface area contributed by atoms with Gasteiger partial charge in [0, 0.05) is 5.69 Å². The highest BCUT2D eigenvalue weighted by atomic mass is 16.5. The number of rotatable bonds is 4. The Bertz CT molecular complexity index is 514. The summed E-state index contributed by atoms with van der Waals surface area (Å²) in [6.45, 7) is 6.38. The second kappa shape index (κ2) is 7.17. The van der Waals surface area contributed by atoms with Gasteiger partial charge >= 0.3 is 0 Å². The molecule has 3 nitrogen and oxygen atoms in total. The molecule has 1 aliphatic carbocycles. The van der Waals surface area contributed by atoms with Crippen LogP contribution in [0, 0.1) is 18.3 Å². The van der Waals surface area contributed by atoms with Crippen molar-refractivity contribution in [2.45, 2.75) is 59.3 Å². The van der Waals surface area contributed by atoms with Gasteiger partial charge in [0.1, 0.15) is 5.75 Å². The summed E-state index contributed by atoms with van der Waals surface area (Å²) >= 11 is 0. The molecule has 0 unspecified atom stereocenters. The zero-order chi connectivity index (χ0) is 16.2. The van der Waals surface area contributed by atoms with Crippen LogP contribution >= 0.6 is 0 Å². The molecule has 0 saturated heterocycles. The average molecular weight is 303 g/mol. The Balaban J connectivity index is 2.21. The van der Waals surface area contributed by atoms with Crippen molar-refractivity contribution in [3.8, 4) is 5.75 Å². The highest BCUT2D eigenvalue weighted by molar-refractivity contribution is 5.96. The van der Waals surface area contributed by atoms with Crippen LogP contribution in [0.4, 0.5) is 5.69 Å². The first-order valence-electron chi connectivity index (χ1n) is 8.46. The lowest BCUT2D eigenvalue weighted by Crippen LogP contribution is -2.40. The van der Waals surface area contributed by atoms with E-state index in [1.165, 1.54) is 12.8 Å². The minimum atomic E-state index is -0.219. The summed E-state index contributed by atoms with van der Waals surface area (Å²) in [6, 6.07) is 5.80. The molecule has 0 heterocycles. The minimum Gasteiger partial charge on any atom is -0.497 e. The van der Waals surface area contributed by atoms with E-state index in [-0.39, 0.29) is 11.3 Å². The lowest BCUT2D eigenvalue weighted by atomic mass is 9.70. The summed E-state index contributed by atoms with van der Waals surface area (Å²) in [5, 5.41) is 3.19. The van der Waals surface area contributed by atoms with Crippen molar-refractivity contribution in [2.75, 3.05) is 12.4 Å². The fourth-order valence-corrected chi connectivity index (χ4v) is 3.58. The van der Waals surface area contributed by atoms with Crippen molar-refractivity contribution in [1.29, 1.82) is 0 Å². The van der Waals surface area contributed by atoms with Crippen molar-refractivity contribution in [2.24, 2.45) is 11.3 Å². The Morgan fingerprint density at radius 2 is 1.82 bits per heavy atom. The van der Waals surface area contributed by atoms with E-state index in [4.69, 9.17) is 4.74 Å². The predicted molar refractivity (Wildman–Crippen MR) is 91.3 cm³/mol. The number of benzene rings is 1. The van der Waals surface area contributed by atoms with Crippen molar-refractivity contribution in [3.63, 3.8) is 0 Å². The molecule has 1 aromatic carbocycles. The van der Waals surface area contributed by atoms with Crippen molar-refractivity contribution < 1.29 is 9.53 Å². The SMILES string of the molecule is COc1ccc(NC(=O)C2(C(C)C)CCCCCC2)c(C)c1. The molecule has 0 atom stereocenters. The second-order valence-electron chi connectivity index (χ2n) is 6.86. The van der Waals surface area contributed by atoms with Crippen LogP contribution in [0.2, 0.25) is 0 Å². The van der Waals surface area contributed by atoms with E-state index in [0.717, 1.165) is 42.7 Å². The van der Waals surface area contributed by atoms with Crippen molar-refractivity contribution >= 4 is 11.6 Å². The summed E-state index contributed by atoms with van der Waals surface area (Å²) < 4.78 is 5.23. The smallest absolute Gasteiger partial charge is 0.230 e. The quantitative estimate of drug-likeness (QED) is 0.800. The Hall–Kier alpha value is -1.51. The van der Waals surface area contributed by atoms with Gasteiger partial charge in [0.25, 0.3) is 0 Å². The minimum absolute atomic E-state index is 0.192. The summed E-state index contributed by atoms with van der Waals surface area (Å²) in [5.74, 6) is 1.38. The Morgan fingerprint density at radius 3 is 2.32 bits per heavy atom. The molecule has 1 amide bonds. The fourth-order valence-electron chi connectivity index (χ4n) is 3.58. The molecule has 122 valence electrons. The molecule has 1 N–H and O–H groups in total. The molecule has 22 heavy (non-hydrogen) atoms. The fraction of sp³-hybridized carbons (Fsp3) is 0.632. The molecular weight excluding hydrogens is 274 g/mol. The maximum atomic E-state index is 13.0. The highest BCUT2D eigenvalue weighted by Gasteiger charge is 2.41. The lowest BCUT2D eigenvalue weighted by Gasteiger charge is -2.35. The topological polar surface area (TPSA) is 38.3 Å². The summed E-state index contributed by atoms with van der Waals surface area (Å²) in [5.41, 5.74) is 1.72. The van der Waals surface area contributed by atoms with E-state index in [9.17, 15) is 4.79 Å². The third-order valence-corrected chi connectivity index (χ3v) is 5.23. The molecule has 2 rings (SSSR count). The van der Waals surface area contributed by atoms with Crippen LogP contribution in [0.1, 0.15) is 57.9 Å². The third-order valence-electron chi connectivity index (χ3n) is 5.23.